The van der Waals surface area contributed by atoms with Crippen molar-refractivity contribution >= 4 is 17.7 Å². The maximum Gasteiger partial charge on any atom is 0.453 e. The van der Waals surface area contributed by atoms with E-state index in [9.17, 15) is 26.7 Å². The Bertz CT molecular complexity index is 188. The molecule has 0 unspecified atom stereocenters. The number of alkyl halides is 5. The number of halogens is 5. The average Bonchev–Trinajstić information content (AvgIpc) is 1.82. The molecule has 0 saturated carbocycles. The van der Waals surface area contributed by atoms with Crippen molar-refractivity contribution in [1.82, 2.24) is 0 Å². The van der Waals surface area contributed by atoms with E-state index in [0.29, 0.717) is 0 Å². The van der Waals surface area contributed by atoms with Crippen LogP contribution in [0.25, 0.3) is 0 Å². The van der Waals surface area contributed by atoms with E-state index in [2.05, 4.69) is 12.6 Å². The lowest BCUT2D eigenvalue weighted by Gasteiger charge is -2.18. The summed E-state index contributed by atoms with van der Waals surface area (Å²) in [5.74, 6) is -4.71. The third kappa shape index (κ3) is 4.44. The van der Waals surface area contributed by atoms with E-state index >= 15 is 0 Å². The predicted molar refractivity (Wildman–Crippen MR) is 38.8 cm³/mol. The van der Waals surface area contributed by atoms with Gasteiger partial charge in [-0.3, -0.25) is 4.79 Å². The molecule has 0 atom stereocenters. The number of hydrogen-bond acceptors (Lipinski definition) is 1. The summed E-state index contributed by atoms with van der Waals surface area (Å²) in [5.41, 5.74) is 0. The molecule has 78 valence electrons. The minimum atomic E-state index is -5.54. The first kappa shape index (κ1) is 12.7. The Morgan fingerprint density at radius 1 is 1.15 bits per heavy atom. The fourth-order valence-corrected chi connectivity index (χ4v) is 0.761. The molecule has 0 aliphatic heterocycles. The second kappa shape index (κ2) is 4.26. The van der Waals surface area contributed by atoms with Gasteiger partial charge in [-0.05, 0) is 6.42 Å². The lowest BCUT2D eigenvalue weighted by atomic mass is 10.1. The molecule has 0 bridgehead atoms. The van der Waals surface area contributed by atoms with Crippen molar-refractivity contribution in [2.45, 2.75) is 31.4 Å². The maximum absolute atomic E-state index is 12.1. The average molecular weight is 222 g/mol. The first-order valence-corrected chi connectivity index (χ1v) is 3.78. The molecule has 0 aliphatic carbocycles. The summed E-state index contributed by atoms with van der Waals surface area (Å²) < 4.78 is 58.8. The van der Waals surface area contributed by atoms with Crippen LogP contribution >= 0.6 is 12.6 Å². The molecule has 0 heterocycles. The zero-order valence-electron chi connectivity index (χ0n) is 6.37. The molecule has 0 radical (unpaired) electrons. The van der Waals surface area contributed by atoms with Crippen LogP contribution in [0, 0.1) is 0 Å². The van der Waals surface area contributed by atoms with E-state index in [1.54, 1.807) is 0 Å². The third-order valence-electron chi connectivity index (χ3n) is 1.30. The van der Waals surface area contributed by atoms with E-state index in [-0.39, 0.29) is 6.42 Å². The smallest absolute Gasteiger partial charge is 0.288 e. The second-order valence-electron chi connectivity index (χ2n) is 2.45. The number of thiol groups is 1. The van der Waals surface area contributed by atoms with Crippen LogP contribution in [0.15, 0.2) is 0 Å². The van der Waals surface area contributed by atoms with Gasteiger partial charge in [-0.25, -0.2) is 0 Å². The summed E-state index contributed by atoms with van der Waals surface area (Å²) in [6.07, 6.45) is -7.81. The van der Waals surface area contributed by atoms with Gasteiger partial charge in [0.05, 0.1) is 0 Å². The van der Waals surface area contributed by atoms with Crippen LogP contribution in [0.2, 0.25) is 0 Å². The number of hydrogen-bond donors (Lipinski definition) is 1. The SMILES string of the molecule is O=C(S)CCCC(F)(F)C(F)(F)F. The zero-order valence-corrected chi connectivity index (χ0v) is 7.26. The molecular formula is C6H7F5OS. The van der Waals surface area contributed by atoms with Crippen molar-refractivity contribution < 1.29 is 26.7 Å². The van der Waals surface area contributed by atoms with Gasteiger partial charge < -0.3 is 0 Å². The summed E-state index contributed by atoms with van der Waals surface area (Å²) in [6, 6.07) is 0. The van der Waals surface area contributed by atoms with E-state index in [1.807, 2.05) is 0 Å². The maximum atomic E-state index is 12.1. The van der Waals surface area contributed by atoms with Crippen LogP contribution in [-0.2, 0) is 4.79 Å². The minimum absolute atomic E-state index is 0.380. The highest BCUT2D eigenvalue weighted by molar-refractivity contribution is 7.96. The second-order valence-corrected chi connectivity index (χ2v) is 2.95. The van der Waals surface area contributed by atoms with E-state index in [1.165, 1.54) is 0 Å². The highest BCUT2D eigenvalue weighted by atomic mass is 32.1. The Labute approximate surface area is 76.7 Å². The molecule has 7 heteroatoms. The summed E-state index contributed by atoms with van der Waals surface area (Å²) in [7, 11) is 0. The topological polar surface area (TPSA) is 17.1 Å². The molecular weight excluding hydrogens is 215 g/mol. The molecule has 0 aromatic carbocycles. The van der Waals surface area contributed by atoms with Crippen LogP contribution in [0.4, 0.5) is 22.0 Å². The Balaban J connectivity index is 3.97. The lowest BCUT2D eigenvalue weighted by molar-refractivity contribution is -0.284. The Morgan fingerprint density at radius 2 is 1.62 bits per heavy atom. The van der Waals surface area contributed by atoms with Crippen LogP contribution in [-0.4, -0.2) is 17.2 Å². The molecule has 13 heavy (non-hydrogen) atoms. The van der Waals surface area contributed by atoms with Gasteiger partial charge in [0.15, 0.2) is 5.12 Å². The third-order valence-corrected chi connectivity index (χ3v) is 1.52. The van der Waals surface area contributed by atoms with Crippen molar-refractivity contribution in [3.63, 3.8) is 0 Å². The first-order valence-electron chi connectivity index (χ1n) is 3.33. The highest BCUT2D eigenvalue weighted by Crippen LogP contribution is 2.39. The van der Waals surface area contributed by atoms with Gasteiger partial charge in [0, 0.05) is 12.8 Å². The number of rotatable bonds is 4. The van der Waals surface area contributed by atoms with Crippen LogP contribution < -0.4 is 0 Å². The quantitative estimate of drug-likeness (QED) is 0.571. The van der Waals surface area contributed by atoms with Crippen LogP contribution in [0.5, 0.6) is 0 Å². The number of carbonyl (C=O) groups excluding carboxylic acids is 1. The van der Waals surface area contributed by atoms with Crippen molar-refractivity contribution in [3.8, 4) is 0 Å². The van der Waals surface area contributed by atoms with Gasteiger partial charge in [-0.1, -0.05) is 0 Å². The minimum Gasteiger partial charge on any atom is -0.288 e. The summed E-state index contributed by atoms with van der Waals surface area (Å²) in [5, 5.41) is -0.696. The molecule has 1 nitrogen and oxygen atoms in total. The van der Waals surface area contributed by atoms with Gasteiger partial charge in [0.25, 0.3) is 0 Å². The van der Waals surface area contributed by atoms with Crippen molar-refractivity contribution in [1.29, 1.82) is 0 Å². The summed E-state index contributed by atoms with van der Waals surface area (Å²) >= 11 is 3.24. The molecule has 0 spiro atoms. The summed E-state index contributed by atoms with van der Waals surface area (Å²) in [4.78, 5) is 10.1. The Morgan fingerprint density at radius 3 is 1.92 bits per heavy atom. The summed E-state index contributed by atoms with van der Waals surface area (Å²) in [6.45, 7) is 0. The van der Waals surface area contributed by atoms with Crippen LogP contribution in [0.1, 0.15) is 19.3 Å². The molecule has 0 aromatic heterocycles. The molecule has 0 saturated heterocycles. The van der Waals surface area contributed by atoms with Gasteiger partial charge in [-0.2, -0.15) is 22.0 Å². The van der Waals surface area contributed by atoms with Crippen molar-refractivity contribution in [3.05, 3.63) is 0 Å². The van der Waals surface area contributed by atoms with Crippen molar-refractivity contribution in [2.24, 2.45) is 0 Å². The van der Waals surface area contributed by atoms with E-state index in [4.69, 9.17) is 0 Å². The zero-order chi connectivity index (χ0) is 10.7. The molecule has 0 fully saturated rings. The van der Waals surface area contributed by atoms with Gasteiger partial charge in [-0.15, -0.1) is 12.6 Å². The van der Waals surface area contributed by atoms with Gasteiger partial charge >= 0.3 is 12.1 Å². The first-order chi connectivity index (χ1) is 5.67. The molecule has 0 rings (SSSR count). The fourth-order valence-electron chi connectivity index (χ4n) is 0.603. The highest BCUT2D eigenvalue weighted by Gasteiger charge is 2.56. The van der Waals surface area contributed by atoms with Crippen molar-refractivity contribution in [2.75, 3.05) is 0 Å². The molecule has 0 N–H and O–H groups in total. The Hall–Kier alpha value is -0.330. The normalized spacial score (nSPS) is 13.1. The standard InChI is InChI=1S/C6H7F5OS/c7-5(8,6(9,10)11)3-1-2-4(12)13/h1-3H2,(H,12,13). The number of carbonyl (C=O) groups is 1. The predicted octanol–water partition coefficient (Wildman–Crippen LogP) is 2.81. The molecule has 0 aliphatic rings. The van der Waals surface area contributed by atoms with E-state index < -0.39 is 30.1 Å². The van der Waals surface area contributed by atoms with Gasteiger partial charge in [0.2, 0.25) is 0 Å². The molecule has 0 aromatic rings. The monoisotopic (exact) mass is 222 g/mol. The Kier molecular flexibility index (Phi) is 4.15. The van der Waals surface area contributed by atoms with Gasteiger partial charge in [0.1, 0.15) is 0 Å². The van der Waals surface area contributed by atoms with E-state index in [0.717, 1.165) is 0 Å². The lowest BCUT2D eigenvalue weighted by Crippen LogP contribution is -2.36. The van der Waals surface area contributed by atoms with Crippen LogP contribution in [0.3, 0.4) is 0 Å². The fraction of sp³-hybridized carbons (Fsp3) is 0.833. The largest absolute Gasteiger partial charge is 0.453 e. The molecule has 0 amide bonds.